The SMILES string of the molecule is CCCCO[C@@H]1CCC[C@@H](C[C@@](CCC2CCCCC2)(NC)C(=O)OC)C1. The van der Waals surface area contributed by atoms with Crippen molar-refractivity contribution in [3.63, 3.8) is 0 Å². The van der Waals surface area contributed by atoms with Gasteiger partial charge < -0.3 is 14.8 Å². The molecule has 0 amide bonds. The standard InChI is InChI=1S/C23H43NO3/c1-4-5-16-27-21-13-9-12-20(17-21)18-23(24-2,22(25)26-3)15-14-19-10-7-6-8-11-19/h19-21,24H,4-18H2,1-3H3/t20-,21-,23-/m1/s1. The molecule has 4 heteroatoms. The van der Waals surface area contributed by atoms with Crippen LogP contribution in [0.15, 0.2) is 0 Å². The molecule has 0 heterocycles. The van der Waals surface area contributed by atoms with Crippen LogP contribution < -0.4 is 5.32 Å². The Morgan fingerprint density at radius 3 is 2.48 bits per heavy atom. The molecule has 0 aliphatic heterocycles. The molecule has 158 valence electrons. The van der Waals surface area contributed by atoms with Crippen LogP contribution in [0.4, 0.5) is 0 Å². The van der Waals surface area contributed by atoms with Crippen molar-refractivity contribution in [2.75, 3.05) is 20.8 Å². The lowest BCUT2D eigenvalue weighted by molar-refractivity contribution is -0.150. The molecule has 2 aliphatic carbocycles. The third-order valence-electron chi connectivity index (χ3n) is 6.98. The normalized spacial score (nSPS) is 26.5. The number of hydrogen-bond donors (Lipinski definition) is 1. The number of carbonyl (C=O) groups is 1. The molecular formula is C23H43NO3. The Bertz CT molecular complexity index is 422. The van der Waals surface area contributed by atoms with E-state index in [-0.39, 0.29) is 5.97 Å². The monoisotopic (exact) mass is 381 g/mol. The van der Waals surface area contributed by atoms with Crippen LogP contribution in [0.5, 0.6) is 0 Å². The summed E-state index contributed by atoms with van der Waals surface area (Å²) in [6, 6.07) is 0. The van der Waals surface area contributed by atoms with Gasteiger partial charge in [-0.1, -0.05) is 58.3 Å². The first-order valence-corrected chi connectivity index (χ1v) is 11.5. The molecule has 2 rings (SSSR count). The minimum atomic E-state index is -0.526. The fourth-order valence-electron chi connectivity index (χ4n) is 5.20. The van der Waals surface area contributed by atoms with Gasteiger partial charge in [-0.15, -0.1) is 0 Å². The Balaban J connectivity index is 1.94. The number of ether oxygens (including phenoxy) is 2. The maximum atomic E-state index is 12.8. The van der Waals surface area contributed by atoms with Gasteiger partial charge >= 0.3 is 5.97 Å². The highest BCUT2D eigenvalue weighted by Crippen LogP contribution is 2.37. The fraction of sp³-hybridized carbons (Fsp3) is 0.957. The zero-order chi connectivity index (χ0) is 19.5. The minimum absolute atomic E-state index is 0.0742. The quantitative estimate of drug-likeness (QED) is 0.392. The van der Waals surface area contributed by atoms with Crippen molar-refractivity contribution in [1.29, 1.82) is 0 Å². The molecule has 2 saturated carbocycles. The molecule has 0 aromatic rings. The van der Waals surface area contributed by atoms with Gasteiger partial charge in [0.1, 0.15) is 5.54 Å². The van der Waals surface area contributed by atoms with E-state index in [1.54, 1.807) is 0 Å². The van der Waals surface area contributed by atoms with Crippen molar-refractivity contribution in [1.82, 2.24) is 5.32 Å². The molecule has 0 bridgehead atoms. The van der Waals surface area contributed by atoms with Crippen LogP contribution in [0.2, 0.25) is 0 Å². The smallest absolute Gasteiger partial charge is 0.326 e. The largest absolute Gasteiger partial charge is 0.468 e. The number of methoxy groups -OCH3 is 1. The number of rotatable bonds is 11. The van der Waals surface area contributed by atoms with E-state index >= 15 is 0 Å². The number of likely N-dealkylation sites (N-methyl/N-ethyl adjacent to an activating group) is 1. The third kappa shape index (κ3) is 7.05. The third-order valence-corrected chi connectivity index (χ3v) is 6.98. The van der Waals surface area contributed by atoms with Crippen LogP contribution in [0.1, 0.15) is 96.8 Å². The Morgan fingerprint density at radius 1 is 1.07 bits per heavy atom. The first-order chi connectivity index (χ1) is 13.1. The lowest BCUT2D eigenvalue weighted by atomic mass is 9.74. The molecule has 27 heavy (non-hydrogen) atoms. The molecule has 0 spiro atoms. The van der Waals surface area contributed by atoms with Crippen LogP contribution in [-0.2, 0) is 14.3 Å². The first kappa shape index (κ1) is 22.7. The van der Waals surface area contributed by atoms with Crippen molar-refractivity contribution in [3.8, 4) is 0 Å². The summed E-state index contributed by atoms with van der Waals surface area (Å²) in [4.78, 5) is 12.8. The molecule has 0 unspecified atom stereocenters. The predicted molar refractivity (Wildman–Crippen MR) is 111 cm³/mol. The van der Waals surface area contributed by atoms with Gasteiger partial charge in [0.15, 0.2) is 0 Å². The number of nitrogens with one attached hydrogen (secondary N) is 1. The van der Waals surface area contributed by atoms with Crippen molar-refractivity contribution in [3.05, 3.63) is 0 Å². The Morgan fingerprint density at radius 2 is 1.81 bits per heavy atom. The van der Waals surface area contributed by atoms with Crippen LogP contribution >= 0.6 is 0 Å². The summed E-state index contributed by atoms with van der Waals surface area (Å²) in [5.41, 5.74) is -0.526. The molecule has 2 aliphatic rings. The highest BCUT2D eigenvalue weighted by molar-refractivity contribution is 5.80. The van der Waals surface area contributed by atoms with E-state index in [0.717, 1.165) is 44.6 Å². The van der Waals surface area contributed by atoms with E-state index in [1.165, 1.54) is 64.9 Å². The zero-order valence-electron chi connectivity index (χ0n) is 18.1. The van der Waals surface area contributed by atoms with Gasteiger partial charge in [-0.25, -0.2) is 0 Å². The molecule has 0 aromatic heterocycles. The highest BCUT2D eigenvalue weighted by atomic mass is 16.5. The lowest BCUT2D eigenvalue weighted by Crippen LogP contribution is -2.53. The Kier molecular flexibility index (Phi) is 10.1. The van der Waals surface area contributed by atoms with Crippen molar-refractivity contribution < 1.29 is 14.3 Å². The predicted octanol–water partition coefficient (Wildman–Crippen LogP) is 5.24. The van der Waals surface area contributed by atoms with Gasteiger partial charge in [-0.2, -0.15) is 0 Å². The average molecular weight is 382 g/mol. The Hall–Kier alpha value is -0.610. The van der Waals surface area contributed by atoms with Crippen LogP contribution in [-0.4, -0.2) is 38.4 Å². The van der Waals surface area contributed by atoms with E-state index in [0.29, 0.717) is 12.0 Å². The molecule has 4 nitrogen and oxygen atoms in total. The van der Waals surface area contributed by atoms with Gasteiger partial charge in [-0.05, 0) is 57.4 Å². The second kappa shape index (κ2) is 12.1. The molecule has 1 N–H and O–H groups in total. The average Bonchev–Trinajstić information content (AvgIpc) is 2.72. The molecular weight excluding hydrogens is 338 g/mol. The van der Waals surface area contributed by atoms with Crippen LogP contribution in [0, 0.1) is 11.8 Å². The summed E-state index contributed by atoms with van der Waals surface area (Å²) >= 11 is 0. The number of carbonyl (C=O) groups excluding carboxylic acids is 1. The summed E-state index contributed by atoms with van der Waals surface area (Å²) in [5.74, 6) is 1.26. The van der Waals surface area contributed by atoms with E-state index in [9.17, 15) is 4.79 Å². The first-order valence-electron chi connectivity index (χ1n) is 11.5. The molecule has 2 fully saturated rings. The summed E-state index contributed by atoms with van der Waals surface area (Å²) in [6.45, 7) is 3.08. The molecule has 0 radical (unpaired) electrons. The second-order valence-electron chi connectivity index (χ2n) is 8.95. The van der Waals surface area contributed by atoms with Gasteiger partial charge in [0.2, 0.25) is 0 Å². The van der Waals surface area contributed by atoms with Gasteiger partial charge in [-0.3, -0.25) is 4.79 Å². The van der Waals surface area contributed by atoms with E-state index < -0.39 is 5.54 Å². The number of esters is 1. The van der Waals surface area contributed by atoms with Crippen molar-refractivity contribution in [2.45, 2.75) is 108 Å². The van der Waals surface area contributed by atoms with E-state index in [2.05, 4.69) is 12.2 Å². The topological polar surface area (TPSA) is 47.6 Å². The lowest BCUT2D eigenvalue weighted by Gasteiger charge is -2.38. The van der Waals surface area contributed by atoms with Crippen LogP contribution in [0.3, 0.4) is 0 Å². The van der Waals surface area contributed by atoms with Crippen molar-refractivity contribution >= 4 is 5.97 Å². The summed E-state index contributed by atoms with van der Waals surface area (Å²) in [5, 5.41) is 3.40. The maximum Gasteiger partial charge on any atom is 0.326 e. The number of unbranched alkanes of at least 4 members (excludes halogenated alkanes) is 1. The number of hydrogen-bond acceptors (Lipinski definition) is 4. The van der Waals surface area contributed by atoms with Crippen LogP contribution in [0.25, 0.3) is 0 Å². The van der Waals surface area contributed by atoms with Gasteiger partial charge in [0, 0.05) is 6.61 Å². The Labute approximate surface area is 167 Å². The fourth-order valence-corrected chi connectivity index (χ4v) is 5.20. The highest BCUT2D eigenvalue weighted by Gasteiger charge is 2.41. The molecule has 3 atom stereocenters. The molecule has 0 aromatic carbocycles. The van der Waals surface area contributed by atoms with Gasteiger partial charge in [0.05, 0.1) is 13.2 Å². The molecule has 0 saturated heterocycles. The van der Waals surface area contributed by atoms with E-state index in [1.807, 2.05) is 7.05 Å². The summed E-state index contributed by atoms with van der Waals surface area (Å²) < 4.78 is 11.4. The maximum absolute atomic E-state index is 12.8. The van der Waals surface area contributed by atoms with Gasteiger partial charge in [0.25, 0.3) is 0 Å². The van der Waals surface area contributed by atoms with E-state index in [4.69, 9.17) is 9.47 Å². The zero-order valence-corrected chi connectivity index (χ0v) is 18.1. The second-order valence-corrected chi connectivity index (χ2v) is 8.95. The summed E-state index contributed by atoms with van der Waals surface area (Å²) in [7, 11) is 3.47. The van der Waals surface area contributed by atoms with Crippen molar-refractivity contribution in [2.24, 2.45) is 11.8 Å². The summed E-state index contributed by atoms with van der Waals surface area (Å²) in [6.07, 6.45) is 17.1. The minimum Gasteiger partial charge on any atom is -0.468 e.